The number of aromatic nitrogens is 2. The van der Waals surface area contributed by atoms with Crippen LogP contribution in [0, 0.1) is 0 Å². The zero-order valence-electron chi connectivity index (χ0n) is 14.5. The highest BCUT2D eigenvalue weighted by Crippen LogP contribution is 2.36. The summed E-state index contributed by atoms with van der Waals surface area (Å²) >= 11 is 6.17. The normalized spacial score (nSPS) is 16.4. The van der Waals surface area contributed by atoms with Gasteiger partial charge in [0, 0.05) is 24.5 Å². The highest BCUT2D eigenvalue weighted by Gasteiger charge is 2.24. The minimum absolute atomic E-state index is 0.240. The molecule has 130 valence electrons. The first-order chi connectivity index (χ1) is 11.5. The molecule has 6 nitrogen and oxygen atoms in total. The van der Waals surface area contributed by atoms with Crippen LogP contribution in [0.25, 0.3) is 10.9 Å². The van der Waals surface area contributed by atoms with E-state index >= 15 is 0 Å². The third-order valence-electron chi connectivity index (χ3n) is 4.72. The van der Waals surface area contributed by atoms with Gasteiger partial charge in [-0.3, -0.25) is 0 Å². The number of ether oxygens (including phenoxy) is 2. The molecule has 0 bridgehead atoms. The molecule has 1 saturated heterocycles. The lowest BCUT2D eigenvalue weighted by atomic mass is 10.0. The Kier molecular flexibility index (Phi) is 4.96. The SMILES string of the molecule is COc1cc2nc(Cl)nc(N(C)C3CCN(C)CC3)c2cc1OC. The van der Waals surface area contributed by atoms with Gasteiger partial charge in [-0.15, -0.1) is 0 Å². The summed E-state index contributed by atoms with van der Waals surface area (Å²) in [6, 6.07) is 4.20. The average Bonchev–Trinajstić information content (AvgIpc) is 2.59. The largest absolute Gasteiger partial charge is 0.493 e. The van der Waals surface area contributed by atoms with Gasteiger partial charge in [0.15, 0.2) is 11.5 Å². The molecule has 1 aliphatic heterocycles. The molecule has 1 fully saturated rings. The second-order valence-electron chi connectivity index (χ2n) is 6.19. The highest BCUT2D eigenvalue weighted by molar-refractivity contribution is 6.28. The van der Waals surface area contributed by atoms with Gasteiger partial charge in [-0.2, -0.15) is 4.98 Å². The summed E-state index contributed by atoms with van der Waals surface area (Å²) < 4.78 is 10.8. The van der Waals surface area contributed by atoms with E-state index in [2.05, 4.69) is 33.9 Å². The second kappa shape index (κ2) is 6.99. The van der Waals surface area contributed by atoms with Gasteiger partial charge in [0.1, 0.15) is 5.82 Å². The van der Waals surface area contributed by atoms with Crippen molar-refractivity contribution in [2.45, 2.75) is 18.9 Å². The fourth-order valence-corrected chi connectivity index (χ4v) is 3.41. The lowest BCUT2D eigenvalue weighted by Gasteiger charge is -2.36. The Morgan fingerprint density at radius 3 is 2.38 bits per heavy atom. The minimum Gasteiger partial charge on any atom is -0.493 e. The Morgan fingerprint density at radius 1 is 1.12 bits per heavy atom. The standard InChI is InChI=1S/C17H23ClN4O2/c1-21-7-5-11(6-8-21)22(2)16-12-9-14(23-3)15(24-4)10-13(12)19-17(18)20-16/h9-11H,5-8H2,1-4H3. The molecule has 24 heavy (non-hydrogen) atoms. The van der Waals surface area contributed by atoms with E-state index in [1.807, 2.05) is 12.1 Å². The maximum Gasteiger partial charge on any atom is 0.224 e. The van der Waals surface area contributed by atoms with Gasteiger partial charge in [0.25, 0.3) is 0 Å². The topological polar surface area (TPSA) is 50.7 Å². The Morgan fingerprint density at radius 2 is 1.75 bits per heavy atom. The predicted octanol–water partition coefficient (Wildman–Crippen LogP) is 2.83. The van der Waals surface area contributed by atoms with Crippen molar-refractivity contribution < 1.29 is 9.47 Å². The number of hydrogen-bond acceptors (Lipinski definition) is 6. The van der Waals surface area contributed by atoms with Gasteiger partial charge in [-0.1, -0.05) is 0 Å². The number of methoxy groups -OCH3 is 2. The van der Waals surface area contributed by atoms with Crippen LogP contribution in [0.5, 0.6) is 11.5 Å². The molecule has 7 heteroatoms. The van der Waals surface area contributed by atoms with Crippen molar-refractivity contribution in [2.75, 3.05) is 46.3 Å². The fourth-order valence-electron chi connectivity index (χ4n) is 3.24. The van der Waals surface area contributed by atoms with E-state index in [0.717, 1.165) is 42.7 Å². The van der Waals surface area contributed by atoms with E-state index < -0.39 is 0 Å². The minimum atomic E-state index is 0.240. The van der Waals surface area contributed by atoms with Crippen molar-refractivity contribution >= 4 is 28.3 Å². The number of fused-ring (bicyclic) bond motifs is 1. The van der Waals surface area contributed by atoms with Crippen molar-refractivity contribution in [1.82, 2.24) is 14.9 Å². The molecule has 0 saturated carbocycles. The van der Waals surface area contributed by atoms with Crippen LogP contribution in [-0.2, 0) is 0 Å². The van der Waals surface area contributed by atoms with Crippen molar-refractivity contribution in [3.05, 3.63) is 17.4 Å². The fraction of sp³-hybridized carbons (Fsp3) is 0.529. The Labute approximate surface area is 147 Å². The van der Waals surface area contributed by atoms with E-state index in [4.69, 9.17) is 21.1 Å². The lowest BCUT2D eigenvalue weighted by Crippen LogP contribution is -2.42. The number of benzene rings is 1. The molecule has 0 radical (unpaired) electrons. The van der Waals surface area contributed by atoms with Gasteiger partial charge in [0.05, 0.1) is 19.7 Å². The number of piperidine rings is 1. The Balaban J connectivity index is 2.06. The molecule has 1 aromatic carbocycles. The maximum atomic E-state index is 6.17. The zero-order valence-corrected chi connectivity index (χ0v) is 15.3. The molecule has 0 amide bonds. The summed E-state index contributed by atoms with van der Waals surface area (Å²) in [4.78, 5) is 13.4. The maximum absolute atomic E-state index is 6.17. The number of hydrogen-bond donors (Lipinski definition) is 0. The first-order valence-electron chi connectivity index (χ1n) is 8.04. The molecule has 1 aliphatic rings. The number of rotatable bonds is 4. The van der Waals surface area contributed by atoms with Gasteiger partial charge in [-0.25, -0.2) is 4.98 Å². The smallest absolute Gasteiger partial charge is 0.224 e. The molecule has 0 aliphatic carbocycles. The monoisotopic (exact) mass is 350 g/mol. The van der Waals surface area contributed by atoms with E-state index in [1.165, 1.54) is 0 Å². The summed E-state index contributed by atoms with van der Waals surface area (Å²) in [6.07, 6.45) is 2.20. The lowest BCUT2D eigenvalue weighted by molar-refractivity contribution is 0.252. The number of nitrogens with zero attached hydrogens (tertiary/aromatic N) is 4. The average molecular weight is 351 g/mol. The van der Waals surface area contributed by atoms with Gasteiger partial charge in [0.2, 0.25) is 5.28 Å². The number of likely N-dealkylation sites (tertiary alicyclic amines) is 1. The van der Waals surface area contributed by atoms with Crippen molar-refractivity contribution in [3.8, 4) is 11.5 Å². The first kappa shape index (κ1) is 17.0. The van der Waals surface area contributed by atoms with Crippen LogP contribution in [0.4, 0.5) is 5.82 Å². The van der Waals surface area contributed by atoms with Crippen LogP contribution in [-0.4, -0.2) is 62.3 Å². The van der Waals surface area contributed by atoms with Crippen LogP contribution in [0.15, 0.2) is 12.1 Å². The van der Waals surface area contributed by atoms with Gasteiger partial charge in [-0.05, 0) is 50.6 Å². The summed E-state index contributed by atoms with van der Waals surface area (Å²) in [6.45, 7) is 2.17. The molecule has 2 aromatic rings. The summed E-state index contributed by atoms with van der Waals surface area (Å²) in [5, 5.41) is 1.16. The van der Waals surface area contributed by atoms with Crippen LogP contribution in [0.2, 0.25) is 5.28 Å². The van der Waals surface area contributed by atoms with Gasteiger partial charge >= 0.3 is 0 Å². The van der Waals surface area contributed by atoms with E-state index in [1.54, 1.807) is 14.2 Å². The second-order valence-corrected chi connectivity index (χ2v) is 6.52. The van der Waals surface area contributed by atoms with Crippen LogP contribution in [0.3, 0.4) is 0 Å². The quantitative estimate of drug-likeness (QED) is 0.790. The van der Waals surface area contributed by atoms with Crippen LogP contribution < -0.4 is 14.4 Å². The molecule has 0 N–H and O–H groups in total. The summed E-state index contributed by atoms with van der Waals surface area (Å²) in [7, 11) is 7.47. The molecule has 2 heterocycles. The molecular formula is C17H23ClN4O2. The van der Waals surface area contributed by atoms with Crippen molar-refractivity contribution in [1.29, 1.82) is 0 Å². The first-order valence-corrected chi connectivity index (χ1v) is 8.42. The van der Waals surface area contributed by atoms with Crippen molar-refractivity contribution in [3.63, 3.8) is 0 Å². The van der Waals surface area contributed by atoms with E-state index in [-0.39, 0.29) is 5.28 Å². The molecule has 0 atom stereocenters. The molecule has 0 spiro atoms. The number of halogens is 1. The highest BCUT2D eigenvalue weighted by atomic mass is 35.5. The zero-order chi connectivity index (χ0) is 17.3. The molecule has 3 rings (SSSR count). The van der Waals surface area contributed by atoms with E-state index in [9.17, 15) is 0 Å². The van der Waals surface area contributed by atoms with Crippen molar-refractivity contribution in [2.24, 2.45) is 0 Å². The molecular weight excluding hydrogens is 328 g/mol. The summed E-state index contributed by atoms with van der Waals surface area (Å²) in [5.41, 5.74) is 0.752. The predicted molar refractivity (Wildman–Crippen MR) is 96.6 cm³/mol. The Bertz CT molecular complexity index is 732. The Hall–Kier alpha value is -1.79. The molecule has 1 aromatic heterocycles. The third-order valence-corrected chi connectivity index (χ3v) is 4.89. The van der Waals surface area contributed by atoms with Crippen LogP contribution >= 0.6 is 11.6 Å². The number of anilines is 1. The third kappa shape index (κ3) is 3.21. The summed E-state index contributed by atoms with van der Waals surface area (Å²) in [5.74, 6) is 2.13. The van der Waals surface area contributed by atoms with Gasteiger partial charge < -0.3 is 19.3 Å². The van der Waals surface area contributed by atoms with E-state index in [0.29, 0.717) is 17.5 Å². The molecule has 0 unspecified atom stereocenters. The van der Waals surface area contributed by atoms with Crippen LogP contribution in [0.1, 0.15) is 12.8 Å².